The van der Waals surface area contributed by atoms with Crippen LogP contribution in [-0.2, 0) is 16.6 Å². The average Bonchev–Trinajstić information content (AvgIpc) is 2.58. The quantitative estimate of drug-likeness (QED) is 0.832. The van der Waals surface area contributed by atoms with Gasteiger partial charge in [-0.2, -0.15) is 0 Å². The van der Waals surface area contributed by atoms with Gasteiger partial charge in [0.25, 0.3) is 0 Å². The molecule has 0 spiro atoms. The van der Waals surface area contributed by atoms with E-state index in [4.69, 9.17) is 5.11 Å². The van der Waals surface area contributed by atoms with E-state index in [1.165, 1.54) is 11.3 Å². The number of aliphatic hydroxyl groups excluding tert-OH is 1. The van der Waals surface area contributed by atoms with Crippen molar-refractivity contribution in [3.63, 3.8) is 0 Å². The monoisotopic (exact) mass is 313 g/mol. The standard InChI is InChI=1S/C8H12BrNO3S2/c9-7-2-4-14-8(7)6-10-15(12,13)5-1-3-11/h2,4,10-11H,1,3,5-6H2. The molecule has 2 N–H and O–H groups in total. The first-order valence-electron chi connectivity index (χ1n) is 4.35. The van der Waals surface area contributed by atoms with Gasteiger partial charge in [0.1, 0.15) is 0 Å². The lowest BCUT2D eigenvalue weighted by Crippen LogP contribution is -2.26. The average molecular weight is 314 g/mol. The summed E-state index contributed by atoms with van der Waals surface area (Å²) < 4.78 is 26.1. The Morgan fingerprint density at radius 1 is 1.53 bits per heavy atom. The SMILES string of the molecule is O=S(=O)(CCCO)NCc1sccc1Br. The minimum atomic E-state index is -3.26. The Labute approximate surface area is 102 Å². The maximum absolute atomic E-state index is 11.4. The van der Waals surface area contributed by atoms with E-state index in [9.17, 15) is 8.42 Å². The summed E-state index contributed by atoms with van der Waals surface area (Å²) in [5, 5.41) is 10.4. The molecule has 0 aliphatic carbocycles. The summed E-state index contributed by atoms with van der Waals surface area (Å²) >= 11 is 4.81. The van der Waals surface area contributed by atoms with E-state index in [0.717, 1.165) is 9.35 Å². The van der Waals surface area contributed by atoms with Crippen molar-refractivity contribution >= 4 is 37.3 Å². The van der Waals surface area contributed by atoms with E-state index in [2.05, 4.69) is 20.7 Å². The van der Waals surface area contributed by atoms with Crippen molar-refractivity contribution in [3.05, 3.63) is 20.8 Å². The van der Waals surface area contributed by atoms with Crippen LogP contribution in [0.1, 0.15) is 11.3 Å². The second kappa shape index (κ2) is 5.95. The summed E-state index contributed by atoms with van der Waals surface area (Å²) in [7, 11) is -3.26. The van der Waals surface area contributed by atoms with E-state index < -0.39 is 10.0 Å². The van der Waals surface area contributed by atoms with Crippen molar-refractivity contribution in [1.82, 2.24) is 4.72 Å². The summed E-state index contributed by atoms with van der Waals surface area (Å²) in [4.78, 5) is 0.947. The summed E-state index contributed by atoms with van der Waals surface area (Å²) in [5.41, 5.74) is 0. The van der Waals surface area contributed by atoms with Gasteiger partial charge in [-0.1, -0.05) is 0 Å². The molecule has 1 heterocycles. The zero-order chi connectivity index (χ0) is 11.3. The number of hydrogen-bond donors (Lipinski definition) is 2. The lowest BCUT2D eigenvalue weighted by Gasteiger charge is -2.04. The molecule has 1 aromatic heterocycles. The fraction of sp³-hybridized carbons (Fsp3) is 0.500. The van der Waals surface area contributed by atoms with Gasteiger partial charge in [0.2, 0.25) is 10.0 Å². The second-order valence-electron chi connectivity index (χ2n) is 2.91. The maximum Gasteiger partial charge on any atom is 0.212 e. The molecular formula is C8H12BrNO3S2. The number of thiophene rings is 1. The highest BCUT2D eigenvalue weighted by atomic mass is 79.9. The summed E-state index contributed by atoms with van der Waals surface area (Å²) in [6.45, 7) is 0.190. The van der Waals surface area contributed by atoms with Gasteiger partial charge in [-0.05, 0) is 33.8 Å². The molecule has 0 bridgehead atoms. The van der Waals surface area contributed by atoms with Gasteiger partial charge in [-0.3, -0.25) is 0 Å². The Kier molecular flexibility index (Phi) is 5.20. The van der Waals surface area contributed by atoms with E-state index in [0.29, 0.717) is 6.54 Å². The number of rotatable bonds is 6. The van der Waals surface area contributed by atoms with Crippen LogP contribution >= 0.6 is 27.3 Å². The first kappa shape index (κ1) is 13.1. The van der Waals surface area contributed by atoms with Gasteiger partial charge in [0.05, 0.1) is 5.75 Å². The van der Waals surface area contributed by atoms with E-state index in [-0.39, 0.29) is 18.8 Å². The third-order valence-electron chi connectivity index (χ3n) is 1.71. The van der Waals surface area contributed by atoms with Gasteiger partial charge in [-0.15, -0.1) is 11.3 Å². The summed E-state index contributed by atoms with van der Waals surface area (Å²) in [6.07, 6.45) is 0.265. The fourth-order valence-corrected chi connectivity index (χ4v) is 3.49. The lowest BCUT2D eigenvalue weighted by molar-refractivity contribution is 0.295. The fourth-order valence-electron chi connectivity index (χ4n) is 0.953. The number of aliphatic hydroxyl groups is 1. The molecular weight excluding hydrogens is 302 g/mol. The predicted molar refractivity (Wildman–Crippen MR) is 64.3 cm³/mol. The molecule has 0 saturated carbocycles. The van der Waals surface area contributed by atoms with Crippen LogP contribution in [0, 0.1) is 0 Å². The van der Waals surface area contributed by atoms with E-state index in [1.54, 1.807) is 0 Å². The van der Waals surface area contributed by atoms with Crippen LogP contribution in [0.15, 0.2) is 15.9 Å². The van der Waals surface area contributed by atoms with Crippen LogP contribution in [0.5, 0.6) is 0 Å². The smallest absolute Gasteiger partial charge is 0.212 e. The molecule has 0 unspecified atom stereocenters. The van der Waals surface area contributed by atoms with Crippen molar-refractivity contribution in [1.29, 1.82) is 0 Å². The van der Waals surface area contributed by atoms with Crippen LogP contribution in [0.25, 0.3) is 0 Å². The van der Waals surface area contributed by atoms with Crippen LogP contribution < -0.4 is 4.72 Å². The minimum absolute atomic E-state index is 0.0352. The normalized spacial score (nSPS) is 11.9. The molecule has 0 radical (unpaired) electrons. The Bertz CT molecular complexity index is 402. The summed E-state index contributed by atoms with van der Waals surface area (Å²) in [6, 6.07) is 1.88. The molecule has 0 aliphatic rings. The predicted octanol–water partition coefficient (Wildman–Crippen LogP) is 1.31. The number of sulfonamides is 1. The van der Waals surface area contributed by atoms with Crippen molar-refractivity contribution in [2.45, 2.75) is 13.0 Å². The zero-order valence-corrected chi connectivity index (χ0v) is 11.2. The molecule has 4 nitrogen and oxygen atoms in total. The van der Waals surface area contributed by atoms with Crippen LogP contribution in [-0.4, -0.2) is 25.9 Å². The first-order valence-corrected chi connectivity index (χ1v) is 7.68. The first-order chi connectivity index (χ1) is 7.05. The Morgan fingerprint density at radius 3 is 2.80 bits per heavy atom. The topological polar surface area (TPSA) is 66.4 Å². The number of nitrogens with one attached hydrogen (secondary N) is 1. The van der Waals surface area contributed by atoms with Gasteiger partial charge < -0.3 is 5.11 Å². The highest BCUT2D eigenvalue weighted by Gasteiger charge is 2.10. The zero-order valence-electron chi connectivity index (χ0n) is 7.94. The molecule has 7 heteroatoms. The van der Waals surface area contributed by atoms with Gasteiger partial charge >= 0.3 is 0 Å². The number of hydrogen-bond acceptors (Lipinski definition) is 4. The van der Waals surface area contributed by atoms with Crippen molar-refractivity contribution < 1.29 is 13.5 Å². The minimum Gasteiger partial charge on any atom is -0.396 e. The molecule has 1 rings (SSSR count). The molecule has 0 amide bonds. The highest BCUT2D eigenvalue weighted by molar-refractivity contribution is 9.10. The summed E-state index contributed by atoms with van der Waals surface area (Å²) in [5.74, 6) is -0.0352. The van der Waals surface area contributed by atoms with E-state index >= 15 is 0 Å². The van der Waals surface area contributed by atoms with E-state index in [1.807, 2.05) is 11.4 Å². The molecule has 0 atom stereocenters. The molecule has 86 valence electrons. The third kappa shape index (κ3) is 4.60. The molecule has 0 fully saturated rings. The second-order valence-corrected chi connectivity index (χ2v) is 6.69. The largest absolute Gasteiger partial charge is 0.396 e. The Balaban J connectivity index is 2.46. The van der Waals surface area contributed by atoms with Gasteiger partial charge in [0.15, 0.2) is 0 Å². The Morgan fingerprint density at radius 2 is 2.27 bits per heavy atom. The van der Waals surface area contributed by atoms with Gasteiger partial charge in [0, 0.05) is 22.5 Å². The van der Waals surface area contributed by atoms with Crippen molar-refractivity contribution in [2.75, 3.05) is 12.4 Å². The molecule has 1 aromatic rings. The van der Waals surface area contributed by atoms with Crippen molar-refractivity contribution in [3.8, 4) is 0 Å². The molecule has 0 aliphatic heterocycles. The number of halogens is 1. The lowest BCUT2D eigenvalue weighted by atomic mass is 10.5. The maximum atomic E-state index is 11.4. The molecule has 0 saturated heterocycles. The Hall–Kier alpha value is 0.0500. The van der Waals surface area contributed by atoms with Crippen LogP contribution in [0.3, 0.4) is 0 Å². The van der Waals surface area contributed by atoms with Crippen LogP contribution in [0.4, 0.5) is 0 Å². The van der Waals surface area contributed by atoms with Gasteiger partial charge in [-0.25, -0.2) is 13.1 Å². The van der Waals surface area contributed by atoms with Crippen molar-refractivity contribution in [2.24, 2.45) is 0 Å². The highest BCUT2D eigenvalue weighted by Crippen LogP contribution is 2.22. The molecule has 0 aromatic carbocycles. The third-order valence-corrected chi connectivity index (χ3v) is 5.05. The molecule has 15 heavy (non-hydrogen) atoms. The van der Waals surface area contributed by atoms with Crippen LogP contribution in [0.2, 0.25) is 0 Å².